The van der Waals surface area contributed by atoms with Crippen LogP contribution < -0.4 is 5.32 Å². The van der Waals surface area contributed by atoms with Gasteiger partial charge in [0, 0.05) is 60.6 Å². The molecule has 1 saturated heterocycles. The predicted molar refractivity (Wildman–Crippen MR) is 137 cm³/mol. The zero-order valence-corrected chi connectivity index (χ0v) is 20.3. The van der Waals surface area contributed by atoms with E-state index in [0.29, 0.717) is 17.6 Å². The summed E-state index contributed by atoms with van der Waals surface area (Å²) in [5.74, 6) is 0.158. The second-order valence-corrected chi connectivity index (χ2v) is 9.35. The molecule has 1 aliphatic rings. The van der Waals surface area contributed by atoms with E-state index in [4.69, 9.17) is 11.6 Å². The zero-order chi connectivity index (χ0) is 23.2. The van der Waals surface area contributed by atoms with Gasteiger partial charge in [-0.2, -0.15) is 0 Å². The lowest BCUT2D eigenvalue weighted by molar-refractivity contribution is -0.132. The van der Waals surface area contributed by atoms with Gasteiger partial charge in [0.1, 0.15) is 0 Å². The monoisotopic (exact) mass is 464 g/mol. The average Bonchev–Trinajstić information content (AvgIpc) is 2.82. The summed E-state index contributed by atoms with van der Waals surface area (Å²) in [6, 6.07) is 16.4. The molecule has 33 heavy (non-hydrogen) atoms. The molecule has 0 radical (unpaired) electrons. The number of unbranched alkanes of at least 4 members (excludes halogenated alkanes) is 1. The fourth-order valence-electron chi connectivity index (χ4n) is 4.61. The molecule has 6 heteroatoms. The van der Waals surface area contributed by atoms with E-state index in [-0.39, 0.29) is 5.91 Å². The zero-order valence-electron chi connectivity index (χ0n) is 19.6. The third-order valence-electron chi connectivity index (χ3n) is 6.52. The van der Waals surface area contributed by atoms with Gasteiger partial charge < -0.3 is 15.1 Å². The van der Waals surface area contributed by atoms with Crippen molar-refractivity contribution in [1.29, 1.82) is 0 Å². The standard InChI is InChI=1S/C27H33ClN4O/c1-3-4-15-31-16-12-24(13-17-31)32(20(2)33)19-21-5-8-23(9-6-21)30-26-11-14-29-27-18-22(28)7-10-25(26)27/h5-11,14,18,24H,3-4,12-13,15-17,19H2,1-2H3,(H,29,30). The van der Waals surface area contributed by atoms with E-state index in [1.165, 1.54) is 19.4 Å². The fraction of sp³-hybridized carbons (Fsp3) is 0.407. The van der Waals surface area contributed by atoms with Crippen LogP contribution in [0.1, 0.15) is 45.1 Å². The van der Waals surface area contributed by atoms with Crippen molar-refractivity contribution in [3.05, 3.63) is 65.3 Å². The van der Waals surface area contributed by atoms with Gasteiger partial charge in [0.25, 0.3) is 0 Å². The van der Waals surface area contributed by atoms with Gasteiger partial charge in [0.15, 0.2) is 0 Å². The first kappa shape index (κ1) is 23.5. The van der Waals surface area contributed by atoms with Gasteiger partial charge in [-0.05, 0) is 67.8 Å². The highest BCUT2D eigenvalue weighted by molar-refractivity contribution is 6.31. The summed E-state index contributed by atoms with van der Waals surface area (Å²) in [7, 11) is 0. The molecule has 0 spiro atoms. The Bertz CT molecular complexity index is 1080. The van der Waals surface area contributed by atoms with Crippen molar-refractivity contribution in [1.82, 2.24) is 14.8 Å². The van der Waals surface area contributed by atoms with Crippen molar-refractivity contribution >= 4 is 39.8 Å². The molecule has 0 bridgehead atoms. The summed E-state index contributed by atoms with van der Waals surface area (Å²) < 4.78 is 0. The molecule has 1 N–H and O–H groups in total. The summed E-state index contributed by atoms with van der Waals surface area (Å²) in [4.78, 5) is 21.4. The Labute approximate surface area is 201 Å². The number of carbonyl (C=O) groups is 1. The van der Waals surface area contributed by atoms with Crippen molar-refractivity contribution in [2.45, 2.75) is 52.1 Å². The number of anilines is 2. The van der Waals surface area contributed by atoms with Crippen molar-refractivity contribution < 1.29 is 4.79 Å². The van der Waals surface area contributed by atoms with Gasteiger partial charge >= 0.3 is 0 Å². The van der Waals surface area contributed by atoms with E-state index in [2.05, 4.69) is 51.3 Å². The number of piperidine rings is 1. The molecule has 2 aromatic carbocycles. The Hall–Kier alpha value is -2.63. The molecule has 4 rings (SSSR count). The van der Waals surface area contributed by atoms with E-state index in [1.807, 2.05) is 24.3 Å². The summed E-state index contributed by atoms with van der Waals surface area (Å²) in [5.41, 5.74) is 4.00. The Kier molecular flexibility index (Phi) is 7.84. The van der Waals surface area contributed by atoms with E-state index in [1.54, 1.807) is 13.1 Å². The van der Waals surface area contributed by atoms with E-state index in [0.717, 1.165) is 53.8 Å². The van der Waals surface area contributed by atoms with Crippen molar-refractivity contribution in [2.24, 2.45) is 0 Å². The lowest BCUT2D eigenvalue weighted by Crippen LogP contribution is -2.46. The molecule has 5 nitrogen and oxygen atoms in total. The maximum absolute atomic E-state index is 12.4. The molecule has 1 aliphatic heterocycles. The number of nitrogens with zero attached hydrogens (tertiary/aromatic N) is 3. The van der Waals surface area contributed by atoms with Gasteiger partial charge in [-0.15, -0.1) is 0 Å². The highest BCUT2D eigenvalue weighted by Gasteiger charge is 2.26. The molecule has 0 aliphatic carbocycles. The van der Waals surface area contributed by atoms with Crippen LogP contribution in [-0.2, 0) is 11.3 Å². The quantitative estimate of drug-likeness (QED) is 0.428. The van der Waals surface area contributed by atoms with Crippen molar-refractivity contribution in [3.8, 4) is 0 Å². The highest BCUT2D eigenvalue weighted by Crippen LogP contribution is 2.27. The molecule has 2 heterocycles. The van der Waals surface area contributed by atoms with Crippen LogP contribution in [0, 0.1) is 0 Å². The van der Waals surface area contributed by atoms with Gasteiger partial charge in [0.05, 0.1) is 5.52 Å². The average molecular weight is 465 g/mol. The number of nitrogens with one attached hydrogen (secondary N) is 1. The van der Waals surface area contributed by atoms with Crippen molar-refractivity contribution in [2.75, 3.05) is 25.0 Å². The van der Waals surface area contributed by atoms with Crippen LogP contribution in [0.5, 0.6) is 0 Å². The van der Waals surface area contributed by atoms with Gasteiger partial charge in [-0.3, -0.25) is 9.78 Å². The fourth-order valence-corrected chi connectivity index (χ4v) is 4.78. The smallest absolute Gasteiger partial charge is 0.219 e. The first-order valence-electron chi connectivity index (χ1n) is 11.9. The first-order valence-corrected chi connectivity index (χ1v) is 12.3. The normalized spacial score (nSPS) is 15.0. The number of carbonyl (C=O) groups excluding carboxylic acids is 1. The molecule has 0 atom stereocenters. The van der Waals surface area contributed by atoms with Crippen LogP contribution in [0.25, 0.3) is 10.9 Å². The number of rotatable bonds is 8. The van der Waals surface area contributed by atoms with Crippen LogP contribution in [0.4, 0.5) is 11.4 Å². The first-order chi connectivity index (χ1) is 16.0. The molecule has 174 valence electrons. The molecule has 1 fully saturated rings. The Balaban J connectivity index is 1.40. The number of hydrogen-bond donors (Lipinski definition) is 1. The number of halogens is 1. The number of hydrogen-bond acceptors (Lipinski definition) is 4. The number of pyridine rings is 1. The van der Waals surface area contributed by atoms with E-state index >= 15 is 0 Å². The number of likely N-dealkylation sites (tertiary alicyclic amines) is 1. The number of fused-ring (bicyclic) bond motifs is 1. The van der Waals surface area contributed by atoms with Crippen LogP contribution in [0.15, 0.2) is 54.7 Å². The summed E-state index contributed by atoms with van der Waals surface area (Å²) >= 11 is 6.10. The second kappa shape index (κ2) is 11.0. The number of benzene rings is 2. The minimum absolute atomic E-state index is 0.158. The van der Waals surface area contributed by atoms with Gasteiger partial charge in [-0.1, -0.05) is 37.1 Å². The predicted octanol–water partition coefficient (Wildman–Crippen LogP) is 6.24. The molecular formula is C27H33ClN4O. The maximum Gasteiger partial charge on any atom is 0.219 e. The molecule has 0 saturated carbocycles. The Morgan fingerprint density at radius 1 is 1.15 bits per heavy atom. The van der Waals surface area contributed by atoms with Crippen molar-refractivity contribution in [3.63, 3.8) is 0 Å². The summed E-state index contributed by atoms with van der Waals surface area (Å²) in [6.45, 7) is 7.94. The van der Waals surface area contributed by atoms with E-state index < -0.39 is 0 Å². The van der Waals surface area contributed by atoms with Crippen LogP contribution in [-0.4, -0.2) is 46.4 Å². The van der Waals surface area contributed by atoms with Gasteiger partial charge in [0.2, 0.25) is 5.91 Å². The lowest BCUT2D eigenvalue weighted by Gasteiger charge is -2.38. The van der Waals surface area contributed by atoms with Crippen LogP contribution in [0.3, 0.4) is 0 Å². The Morgan fingerprint density at radius 2 is 1.91 bits per heavy atom. The molecule has 3 aromatic rings. The lowest BCUT2D eigenvalue weighted by atomic mass is 10.0. The SMILES string of the molecule is CCCCN1CCC(N(Cc2ccc(Nc3ccnc4cc(Cl)ccc34)cc2)C(C)=O)CC1. The van der Waals surface area contributed by atoms with E-state index in [9.17, 15) is 4.79 Å². The number of amides is 1. The van der Waals surface area contributed by atoms with Crippen LogP contribution in [0.2, 0.25) is 5.02 Å². The van der Waals surface area contributed by atoms with Gasteiger partial charge in [-0.25, -0.2) is 0 Å². The minimum Gasteiger partial charge on any atom is -0.355 e. The van der Waals surface area contributed by atoms with Crippen LogP contribution >= 0.6 is 11.6 Å². The molecular weight excluding hydrogens is 432 g/mol. The summed E-state index contributed by atoms with van der Waals surface area (Å²) in [6.07, 6.45) is 6.39. The topological polar surface area (TPSA) is 48.5 Å². The Morgan fingerprint density at radius 3 is 2.61 bits per heavy atom. The third-order valence-corrected chi connectivity index (χ3v) is 6.76. The maximum atomic E-state index is 12.4. The largest absolute Gasteiger partial charge is 0.355 e. The number of aromatic nitrogens is 1. The second-order valence-electron chi connectivity index (χ2n) is 8.92. The summed E-state index contributed by atoms with van der Waals surface area (Å²) in [5, 5.41) is 5.19. The molecule has 1 amide bonds. The molecule has 0 unspecified atom stereocenters. The minimum atomic E-state index is 0.158. The molecule has 1 aromatic heterocycles. The highest BCUT2D eigenvalue weighted by atomic mass is 35.5. The third kappa shape index (κ3) is 6.04.